The highest BCUT2D eigenvalue weighted by Gasteiger charge is 2.16. The lowest BCUT2D eigenvalue weighted by Crippen LogP contribution is -2.17. The number of anilines is 1. The lowest BCUT2D eigenvalue weighted by molar-refractivity contribution is -0.384. The molecular weight excluding hydrogens is 476 g/mol. The summed E-state index contributed by atoms with van der Waals surface area (Å²) in [6.07, 6.45) is 4.11. The van der Waals surface area contributed by atoms with Crippen molar-refractivity contribution in [1.29, 1.82) is 0 Å². The lowest BCUT2D eigenvalue weighted by Gasteiger charge is -2.06. The number of carbonyl (C=O) groups excluding carboxylic acids is 1. The van der Waals surface area contributed by atoms with E-state index in [9.17, 15) is 23.3 Å². The van der Waals surface area contributed by atoms with Gasteiger partial charge in [-0.25, -0.2) is 28.5 Å². The zero-order chi connectivity index (χ0) is 24.8. The van der Waals surface area contributed by atoms with Crippen LogP contribution in [0.1, 0.15) is 16.1 Å². The van der Waals surface area contributed by atoms with Gasteiger partial charge in [-0.05, 0) is 48.5 Å². The molecule has 0 bridgehead atoms. The van der Waals surface area contributed by atoms with Gasteiger partial charge in [0.25, 0.3) is 21.6 Å². The van der Waals surface area contributed by atoms with Crippen LogP contribution in [0.25, 0.3) is 11.3 Å². The third-order valence-electron chi connectivity index (χ3n) is 4.54. The molecule has 0 unspecified atom stereocenters. The van der Waals surface area contributed by atoms with Gasteiger partial charge in [-0.2, -0.15) is 5.10 Å². The number of non-ortho nitro benzene ring substituents is 1. The average molecular weight is 492 g/mol. The number of nitrogens with zero attached hydrogens (tertiary/aromatic N) is 4. The Morgan fingerprint density at radius 3 is 2.49 bits per heavy atom. The van der Waals surface area contributed by atoms with E-state index in [1.54, 1.807) is 30.3 Å². The topological polar surface area (TPSA) is 170 Å². The molecule has 0 fully saturated rings. The molecule has 0 spiro atoms. The first-order chi connectivity index (χ1) is 16.8. The fraction of sp³-hybridized carbons (Fsp3) is 0. The van der Waals surface area contributed by atoms with Crippen molar-refractivity contribution in [2.75, 3.05) is 4.72 Å². The minimum Gasteiger partial charge on any atom is -0.455 e. The summed E-state index contributed by atoms with van der Waals surface area (Å²) >= 11 is 0. The van der Waals surface area contributed by atoms with Gasteiger partial charge in [0.15, 0.2) is 0 Å². The lowest BCUT2D eigenvalue weighted by atomic mass is 10.2. The molecule has 2 aromatic heterocycles. The monoisotopic (exact) mass is 492 g/mol. The quantitative estimate of drug-likeness (QED) is 0.214. The molecule has 176 valence electrons. The normalized spacial score (nSPS) is 11.3. The molecule has 13 heteroatoms. The molecule has 0 aliphatic heterocycles. The fourth-order valence-electron chi connectivity index (χ4n) is 2.89. The number of carbonyl (C=O) groups is 1. The summed E-state index contributed by atoms with van der Waals surface area (Å²) in [7, 11) is -3.86. The van der Waals surface area contributed by atoms with Gasteiger partial charge in [-0.3, -0.25) is 14.9 Å². The Bertz CT molecular complexity index is 1500. The largest absolute Gasteiger partial charge is 0.455 e. The van der Waals surface area contributed by atoms with Gasteiger partial charge in [0.05, 0.1) is 16.0 Å². The van der Waals surface area contributed by atoms with Crippen molar-refractivity contribution >= 4 is 33.8 Å². The van der Waals surface area contributed by atoms with E-state index in [2.05, 4.69) is 25.2 Å². The SMILES string of the molecule is O=C(N/N=C\c1ccc(-c2ccc(S(=O)(=O)Nc3ncccn3)cc2)o1)c1cccc([N+](=O)[O-])c1. The molecule has 0 radical (unpaired) electrons. The number of aromatic nitrogens is 2. The van der Waals surface area contributed by atoms with Crippen molar-refractivity contribution < 1.29 is 22.6 Å². The van der Waals surface area contributed by atoms with E-state index in [-0.39, 0.29) is 22.1 Å². The molecule has 0 saturated carbocycles. The number of nitro groups is 1. The number of rotatable bonds is 8. The highest BCUT2D eigenvalue weighted by Crippen LogP contribution is 2.24. The highest BCUT2D eigenvalue weighted by atomic mass is 32.2. The fourth-order valence-corrected chi connectivity index (χ4v) is 3.84. The maximum Gasteiger partial charge on any atom is 0.271 e. The van der Waals surface area contributed by atoms with Crippen molar-refractivity contribution in [3.8, 4) is 11.3 Å². The molecule has 2 heterocycles. The van der Waals surface area contributed by atoms with Gasteiger partial charge in [0.2, 0.25) is 5.95 Å². The third kappa shape index (κ3) is 5.72. The number of amides is 1. The summed E-state index contributed by atoms with van der Waals surface area (Å²) in [6, 6.07) is 16.1. The van der Waals surface area contributed by atoms with Crippen LogP contribution in [0.3, 0.4) is 0 Å². The predicted octanol–water partition coefficient (Wildman–Crippen LogP) is 3.21. The molecule has 0 aliphatic carbocycles. The number of hydrazone groups is 1. The molecular formula is C22H16N6O6S. The second-order valence-corrected chi connectivity index (χ2v) is 8.59. The Morgan fingerprint density at radius 2 is 1.77 bits per heavy atom. The van der Waals surface area contributed by atoms with Crippen LogP contribution in [0.4, 0.5) is 11.6 Å². The third-order valence-corrected chi connectivity index (χ3v) is 5.89. The molecule has 2 N–H and O–H groups in total. The van der Waals surface area contributed by atoms with Crippen molar-refractivity contribution in [3.63, 3.8) is 0 Å². The first kappa shape index (κ1) is 23.3. The first-order valence-corrected chi connectivity index (χ1v) is 11.4. The zero-order valence-corrected chi connectivity index (χ0v) is 18.5. The van der Waals surface area contributed by atoms with Crippen LogP contribution in [0.15, 0.2) is 93.5 Å². The van der Waals surface area contributed by atoms with Crippen LogP contribution in [0, 0.1) is 10.1 Å². The molecule has 35 heavy (non-hydrogen) atoms. The second-order valence-electron chi connectivity index (χ2n) is 6.91. The van der Waals surface area contributed by atoms with Crippen LogP contribution in [0.5, 0.6) is 0 Å². The van der Waals surface area contributed by atoms with Gasteiger partial charge < -0.3 is 4.42 Å². The molecule has 0 atom stereocenters. The summed E-state index contributed by atoms with van der Waals surface area (Å²) < 4.78 is 32.9. The van der Waals surface area contributed by atoms with Crippen LogP contribution in [-0.2, 0) is 10.0 Å². The average Bonchev–Trinajstić information content (AvgIpc) is 3.33. The van der Waals surface area contributed by atoms with Crippen LogP contribution in [-0.4, -0.2) is 35.4 Å². The first-order valence-electron chi connectivity index (χ1n) is 9.90. The van der Waals surface area contributed by atoms with Gasteiger partial charge in [0, 0.05) is 35.7 Å². The molecule has 0 aliphatic rings. The number of sulfonamides is 1. The maximum atomic E-state index is 12.5. The van der Waals surface area contributed by atoms with Gasteiger partial charge in [-0.15, -0.1) is 0 Å². The standard InChI is InChI=1S/C22H16N6O6S/c29-21(16-3-1-4-17(13-16)28(30)31)26-25-14-18-7-10-20(34-18)15-5-8-19(9-6-15)35(32,33)27-22-23-11-2-12-24-22/h1-14H,(H,26,29)(H,23,24,27)/b25-14-. The summed E-state index contributed by atoms with van der Waals surface area (Å²) in [5.41, 5.74) is 2.76. The Balaban J connectivity index is 1.40. The van der Waals surface area contributed by atoms with Crippen molar-refractivity contribution in [3.05, 3.63) is 101 Å². The summed E-state index contributed by atoms with van der Waals surface area (Å²) in [5, 5.41) is 14.6. The van der Waals surface area contributed by atoms with E-state index in [0.29, 0.717) is 17.1 Å². The van der Waals surface area contributed by atoms with Crippen molar-refractivity contribution in [2.24, 2.45) is 5.10 Å². The number of nitrogens with one attached hydrogen (secondary N) is 2. The number of benzene rings is 2. The van der Waals surface area contributed by atoms with E-state index >= 15 is 0 Å². The van der Waals surface area contributed by atoms with Crippen LogP contribution < -0.4 is 10.1 Å². The second kappa shape index (κ2) is 9.93. The van der Waals surface area contributed by atoms with Crippen LogP contribution >= 0.6 is 0 Å². The highest BCUT2D eigenvalue weighted by molar-refractivity contribution is 7.92. The number of hydrogen-bond donors (Lipinski definition) is 2. The summed E-state index contributed by atoms with van der Waals surface area (Å²) in [4.78, 5) is 30.1. The van der Waals surface area contributed by atoms with E-state index in [1.807, 2.05) is 0 Å². The molecule has 12 nitrogen and oxygen atoms in total. The zero-order valence-electron chi connectivity index (χ0n) is 17.7. The minimum absolute atomic E-state index is 0.0194. The van der Waals surface area contributed by atoms with E-state index < -0.39 is 20.9 Å². The number of nitro benzene ring substituents is 1. The van der Waals surface area contributed by atoms with E-state index in [1.165, 1.54) is 48.9 Å². The summed E-state index contributed by atoms with van der Waals surface area (Å²) in [5.74, 6) is 0.103. The minimum atomic E-state index is -3.86. The Labute approximate surface area is 198 Å². The van der Waals surface area contributed by atoms with Crippen molar-refractivity contribution in [1.82, 2.24) is 15.4 Å². The molecule has 2 aromatic carbocycles. The van der Waals surface area contributed by atoms with Crippen LogP contribution in [0.2, 0.25) is 0 Å². The molecule has 4 rings (SSSR count). The van der Waals surface area contributed by atoms with Crippen molar-refractivity contribution in [2.45, 2.75) is 4.90 Å². The Kier molecular flexibility index (Phi) is 6.59. The Morgan fingerprint density at radius 1 is 1.03 bits per heavy atom. The predicted molar refractivity (Wildman–Crippen MR) is 125 cm³/mol. The smallest absolute Gasteiger partial charge is 0.271 e. The van der Waals surface area contributed by atoms with Gasteiger partial charge in [-0.1, -0.05) is 6.07 Å². The summed E-state index contributed by atoms with van der Waals surface area (Å²) in [6.45, 7) is 0. The van der Waals surface area contributed by atoms with E-state index in [0.717, 1.165) is 6.07 Å². The van der Waals surface area contributed by atoms with Gasteiger partial charge in [0.1, 0.15) is 11.5 Å². The molecule has 1 amide bonds. The molecule has 4 aromatic rings. The number of furan rings is 1. The molecule has 0 saturated heterocycles. The number of hydrogen-bond acceptors (Lipinski definition) is 9. The maximum absolute atomic E-state index is 12.5. The van der Waals surface area contributed by atoms with Gasteiger partial charge >= 0.3 is 0 Å². The van der Waals surface area contributed by atoms with E-state index in [4.69, 9.17) is 4.42 Å². The Hall–Kier alpha value is -4.91.